The Morgan fingerprint density at radius 3 is 2.43 bits per heavy atom. The molecule has 1 saturated heterocycles. The van der Waals surface area contributed by atoms with E-state index in [1.165, 1.54) is 11.0 Å². The van der Waals surface area contributed by atoms with Gasteiger partial charge >= 0.3 is 12.3 Å². The molecule has 0 aliphatic carbocycles. The zero-order valence-corrected chi connectivity index (χ0v) is 11.4. The number of rotatable bonds is 2. The molecule has 1 aromatic rings. The summed E-state index contributed by atoms with van der Waals surface area (Å²) in [7, 11) is 0. The van der Waals surface area contributed by atoms with Crippen molar-refractivity contribution >= 4 is 6.09 Å². The van der Waals surface area contributed by atoms with Crippen molar-refractivity contribution in [3.8, 4) is 0 Å². The molecule has 0 spiro atoms. The number of benzene rings is 1. The summed E-state index contributed by atoms with van der Waals surface area (Å²) < 4.78 is 38.4. The lowest BCUT2D eigenvalue weighted by atomic mass is 9.72. The van der Waals surface area contributed by atoms with Crippen molar-refractivity contribution in [1.29, 1.82) is 0 Å². The van der Waals surface area contributed by atoms with Crippen LogP contribution in [0.15, 0.2) is 24.3 Å². The fourth-order valence-electron chi connectivity index (χ4n) is 2.76. The number of nitrogens with zero attached hydrogens (tertiary/aromatic N) is 1. The summed E-state index contributed by atoms with van der Waals surface area (Å²) in [4.78, 5) is 12.2. The minimum absolute atomic E-state index is 0.196. The maximum atomic E-state index is 12.8. The first-order valence-corrected chi connectivity index (χ1v) is 6.64. The number of nitrogens with two attached hydrogens (primary N) is 1. The summed E-state index contributed by atoms with van der Waals surface area (Å²) in [6.45, 7) is 0.757. The maximum absolute atomic E-state index is 12.8. The number of halogens is 3. The molecule has 1 aliphatic heterocycles. The van der Waals surface area contributed by atoms with Crippen LogP contribution in [0.1, 0.15) is 24.0 Å². The van der Waals surface area contributed by atoms with Gasteiger partial charge < -0.3 is 15.7 Å². The lowest BCUT2D eigenvalue weighted by Crippen LogP contribution is -2.48. The second kappa shape index (κ2) is 5.55. The van der Waals surface area contributed by atoms with Crippen LogP contribution in [0.3, 0.4) is 0 Å². The molecule has 116 valence electrons. The van der Waals surface area contributed by atoms with Crippen LogP contribution in [-0.4, -0.2) is 35.7 Å². The Hall–Kier alpha value is -1.76. The Kier molecular flexibility index (Phi) is 4.13. The summed E-state index contributed by atoms with van der Waals surface area (Å²) >= 11 is 0. The number of carbonyl (C=O) groups is 1. The van der Waals surface area contributed by atoms with E-state index in [0.29, 0.717) is 18.4 Å². The maximum Gasteiger partial charge on any atom is 0.416 e. The smallest absolute Gasteiger partial charge is 0.416 e. The lowest BCUT2D eigenvalue weighted by molar-refractivity contribution is -0.137. The molecule has 0 atom stereocenters. The van der Waals surface area contributed by atoms with Crippen molar-refractivity contribution < 1.29 is 23.1 Å². The molecule has 0 radical (unpaired) electrons. The van der Waals surface area contributed by atoms with Crippen molar-refractivity contribution in [3.05, 3.63) is 35.4 Å². The molecular weight excluding hydrogens is 285 g/mol. The number of hydrogen-bond acceptors (Lipinski definition) is 2. The number of piperidine rings is 1. The van der Waals surface area contributed by atoms with Gasteiger partial charge in [0, 0.05) is 25.0 Å². The van der Waals surface area contributed by atoms with Gasteiger partial charge in [0.05, 0.1) is 5.56 Å². The monoisotopic (exact) mass is 302 g/mol. The highest BCUT2D eigenvalue weighted by Crippen LogP contribution is 2.37. The van der Waals surface area contributed by atoms with Gasteiger partial charge in [-0.15, -0.1) is 0 Å². The van der Waals surface area contributed by atoms with Crippen molar-refractivity contribution in [1.82, 2.24) is 4.90 Å². The van der Waals surface area contributed by atoms with Crippen molar-refractivity contribution in [3.63, 3.8) is 0 Å². The Bertz CT molecular complexity index is 523. The first kappa shape index (κ1) is 15.6. The predicted molar refractivity (Wildman–Crippen MR) is 71.0 cm³/mol. The number of likely N-dealkylation sites (tertiary alicyclic amines) is 1. The molecule has 2 rings (SSSR count). The third-order valence-corrected chi connectivity index (χ3v) is 4.18. The van der Waals surface area contributed by atoms with Gasteiger partial charge in [-0.25, -0.2) is 4.79 Å². The van der Waals surface area contributed by atoms with Crippen molar-refractivity contribution in [2.24, 2.45) is 5.73 Å². The van der Waals surface area contributed by atoms with Crippen LogP contribution in [0, 0.1) is 0 Å². The topological polar surface area (TPSA) is 66.6 Å². The molecule has 1 fully saturated rings. The summed E-state index contributed by atoms with van der Waals surface area (Å²) in [5.41, 5.74) is 5.05. The highest BCUT2D eigenvalue weighted by atomic mass is 19.4. The van der Waals surface area contributed by atoms with Crippen LogP contribution in [0.25, 0.3) is 0 Å². The van der Waals surface area contributed by atoms with E-state index in [9.17, 15) is 18.0 Å². The Balaban J connectivity index is 2.28. The normalized spacial score (nSPS) is 18.6. The first-order valence-electron chi connectivity index (χ1n) is 6.64. The first-order chi connectivity index (χ1) is 9.78. The highest BCUT2D eigenvalue weighted by Gasteiger charge is 2.38. The minimum Gasteiger partial charge on any atom is -0.465 e. The van der Waals surface area contributed by atoms with Crippen LogP contribution >= 0.6 is 0 Å². The van der Waals surface area contributed by atoms with E-state index in [4.69, 9.17) is 10.8 Å². The quantitative estimate of drug-likeness (QED) is 0.882. The second-order valence-electron chi connectivity index (χ2n) is 5.33. The van der Waals surface area contributed by atoms with Crippen LogP contribution in [0.2, 0.25) is 0 Å². The van der Waals surface area contributed by atoms with Crippen LogP contribution in [0.5, 0.6) is 0 Å². The molecule has 1 aromatic carbocycles. The largest absolute Gasteiger partial charge is 0.465 e. The average molecular weight is 302 g/mol. The SMILES string of the molecule is NCC1(c2cccc(C(F)(F)F)c2)CCN(C(=O)O)CC1. The van der Waals surface area contributed by atoms with Gasteiger partial charge in [0.2, 0.25) is 0 Å². The van der Waals surface area contributed by atoms with Crippen LogP contribution in [-0.2, 0) is 11.6 Å². The molecule has 4 nitrogen and oxygen atoms in total. The molecule has 21 heavy (non-hydrogen) atoms. The Morgan fingerprint density at radius 2 is 1.95 bits per heavy atom. The molecule has 1 aliphatic rings. The lowest BCUT2D eigenvalue weighted by Gasteiger charge is -2.40. The highest BCUT2D eigenvalue weighted by molar-refractivity contribution is 5.65. The van der Waals surface area contributed by atoms with Gasteiger partial charge in [0.15, 0.2) is 0 Å². The summed E-state index contributed by atoms with van der Waals surface area (Å²) in [5, 5.41) is 8.95. The van der Waals surface area contributed by atoms with Crippen LogP contribution in [0.4, 0.5) is 18.0 Å². The molecule has 7 heteroatoms. The molecule has 1 heterocycles. The van der Waals surface area contributed by atoms with Gasteiger partial charge in [-0.05, 0) is 24.5 Å². The molecule has 0 saturated carbocycles. The van der Waals surface area contributed by atoms with E-state index in [1.54, 1.807) is 6.07 Å². The minimum atomic E-state index is -4.40. The predicted octanol–water partition coefficient (Wildman–Crippen LogP) is 2.68. The third-order valence-electron chi connectivity index (χ3n) is 4.18. The van der Waals surface area contributed by atoms with Crippen LogP contribution < -0.4 is 5.73 Å². The number of carboxylic acid groups (broad SMARTS) is 1. The van der Waals surface area contributed by atoms with Gasteiger partial charge in [-0.1, -0.05) is 18.2 Å². The molecule has 0 bridgehead atoms. The van der Waals surface area contributed by atoms with E-state index in [-0.39, 0.29) is 19.6 Å². The standard InChI is InChI=1S/C14H17F3N2O2/c15-14(16,17)11-3-1-2-10(8-11)13(9-18)4-6-19(7-5-13)12(20)21/h1-3,8H,4-7,9,18H2,(H,20,21). The fraction of sp³-hybridized carbons (Fsp3) is 0.500. The van der Waals surface area contributed by atoms with E-state index >= 15 is 0 Å². The molecule has 3 N–H and O–H groups in total. The number of amides is 1. The molecule has 0 unspecified atom stereocenters. The van der Waals surface area contributed by atoms with Crippen molar-refractivity contribution in [2.45, 2.75) is 24.4 Å². The summed E-state index contributed by atoms with van der Waals surface area (Å²) in [6.07, 6.45) is -4.55. The molecular formula is C14H17F3N2O2. The second-order valence-corrected chi connectivity index (χ2v) is 5.33. The van der Waals surface area contributed by atoms with E-state index < -0.39 is 23.2 Å². The van der Waals surface area contributed by atoms with E-state index in [0.717, 1.165) is 12.1 Å². The van der Waals surface area contributed by atoms with Crippen molar-refractivity contribution in [2.75, 3.05) is 19.6 Å². The van der Waals surface area contributed by atoms with Gasteiger partial charge in [-0.3, -0.25) is 0 Å². The van der Waals surface area contributed by atoms with Gasteiger partial charge in [0.25, 0.3) is 0 Å². The van der Waals surface area contributed by atoms with Gasteiger partial charge in [0.1, 0.15) is 0 Å². The number of hydrogen-bond donors (Lipinski definition) is 2. The molecule has 1 amide bonds. The Labute approximate surface area is 120 Å². The number of alkyl halides is 3. The Morgan fingerprint density at radius 1 is 1.33 bits per heavy atom. The zero-order chi connectivity index (χ0) is 15.7. The zero-order valence-electron chi connectivity index (χ0n) is 11.4. The molecule has 0 aromatic heterocycles. The van der Waals surface area contributed by atoms with Gasteiger partial charge in [-0.2, -0.15) is 13.2 Å². The summed E-state index contributed by atoms with van der Waals surface area (Å²) in [6, 6.07) is 5.17. The van der Waals surface area contributed by atoms with E-state index in [2.05, 4.69) is 0 Å². The third kappa shape index (κ3) is 3.12. The average Bonchev–Trinajstić information content (AvgIpc) is 2.46. The summed E-state index contributed by atoms with van der Waals surface area (Å²) in [5.74, 6) is 0. The fourth-order valence-corrected chi connectivity index (χ4v) is 2.76. The van der Waals surface area contributed by atoms with E-state index in [1.807, 2.05) is 0 Å².